The molecule has 5 nitrogen and oxygen atoms in total. The van der Waals surface area contributed by atoms with E-state index >= 15 is 0 Å². The first-order chi connectivity index (χ1) is 8.52. The molecule has 0 aliphatic carbocycles. The Morgan fingerprint density at radius 3 is 2.33 bits per heavy atom. The number of piperazine rings is 1. The SMILES string of the molecule is CC(C)OCC(O)CN1CCN(C(C)C#N)CC1. The monoisotopic (exact) mass is 255 g/mol. The number of β-amino-alcohol motifs (C(OH)–C–C–N with tert-alkyl or cyclic N) is 1. The van der Waals surface area contributed by atoms with E-state index in [0.717, 1.165) is 26.2 Å². The molecular formula is C13H25N3O2. The van der Waals surface area contributed by atoms with E-state index in [4.69, 9.17) is 10.00 Å². The number of nitriles is 1. The standard InChI is InChI=1S/C13H25N3O2/c1-11(2)18-10-13(17)9-15-4-6-16(7-5-15)12(3)8-14/h11-13,17H,4-7,9-10H2,1-3H3. The van der Waals surface area contributed by atoms with Crippen LogP contribution in [0.1, 0.15) is 20.8 Å². The zero-order chi connectivity index (χ0) is 13.5. The average molecular weight is 255 g/mol. The summed E-state index contributed by atoms with van der Waals surface area (Å²) in [6.07, 6.45) is -0.264. The van der Waals surface area contributed by atoms with Gasteiger partial charge in [0.25, 0.3) is 0 Å². The molecule has 5 heteroatoms. The Kier molecular flexibility index (Phi) is 6.58. The van der Waals surface area contributed by atoms with Crippen LogP contribution in [0.3, 0.4) is 0 Å². The predicted molar refractivity (Wildman–Crippen MR) is 70.2 cm³/mol. The van der Waals surface area contributed by atoms with Crippen molar-refractivity contribution in [2.24, 2.45) is 0 Å². The maximum atomic E-state index is 9.84. The molecular weight excluding hydrogens is 230 g/mol. The van der Waals surface area contributed by atoms with Crippen LogP contribution in [-0.4, -0.2) is 72.5 Å². The molecule has 1 heterocycles. The summed E-state index contributed by atoms with van der Waals surface area (Å²) in [7, 11) is 0. The second-order valence-corrected chi connectivity index (χ2v) is 5.18. The Balaban J connectivity index is 2.21. The van der Waals surface area contributed by atoms with Gasteiger partial charge in [-0.1, -0.05) is 0 Å². The molecule has 2 atom stereocenters. The molecule has 0 spiro atoms. The van der Waals surface area contributed by atoms with Crippen LogP contribution in [0.2, 0.25) is 0 Å². The van der Waals surface area contributed by atoms with Crippen LogP contribution in [0.15, 0.2) is 0 Å². The quantitative estimate of drug-likeness (QED) is 0.740. The van der Waals surface area contributed by atoms with Gasteiger partial charge in [0, 0.05) is 32.7 Å². The van der Waals surface area contributed by atoms with Gasteiger partial charge in [0.2, 0.25) is 0 Å². The highest BCUT2D eigenvalue weighted by Crippen LogP contribution is 2.06. The molecule has 1 aliphatic heterocycles. The lowest BCUT2D eigenvalue weighted by Crippen LogP contribution is -2.51. The van der Waals surface area contributed by atoms with Gasteiger partial charge in [-0.05, 0) is 20.8 Å². The molecule has 0 radical (unpaired) electrons. The van der Waals surface area contributed by atoms with Gasteiger partial charge in [0.15, 0.2) is 0 Å². The van der Waals surface area contributed by atoms with Crippen molar-refractivity contribution in [3.8, 4) is 6.07 Å². The van der Waals surface area contributed by atoms with Gasteiger partial charge in [-0.25, -0.2) is 0 Å². The molecule has 18 heavy (non-hydrogen) atoms. The first-order valence-electron chi connectivity index (χ1n) is 6.68. The third-order valence-electron chi connectivity index (χ3n) is 3.23. The van der Waals surface area contributed by atoms with Gasteiger partial charge in [-0.15, -0.1) is 0 Å². The van der Waals surface area contributed by atoms with Gasteiger partial charge < -0.3 is 9.84 Å². The Hall–Kier alpha value is -0.670. The van der Waals surface area contributed by atoms with Crippen LogP contribution >= 0.6 is 0 Å². The second kappa shape index (κ2) is 7.70. The summed E-state index contributed by atoms with van der Waals surface area (Å²) in [5.74, 6) is 0. The lowest BCUT2D eigenvalue weighted by atomic mass is 10.2. The molecule has 1 saturated heterocycles. The van der Waals surface area contributed by atoms with Crippen molar-refractivity contribution in [1.29, 1.82) is 5.26 Å². The normalized spacial score (nSPS) is 21.8. The zero-order valence-electron chi connectivity index (χ0n) is 11.7. The fraction of sp³-hybridized carbons (Fsp3) is 0.923. The van der Waals surface area contributed by atoms with Crippen molar-refractivity contribution in [2.45, 2.75) is 39.0 Å². The Labute approximate surface area is 110 Å². The summed E-state index contributed by atoms with van der Waals surface area (Å²) < 4.78 is 5.39. The predicted octanol–water partition coefficient (Wildman–Crippen LogP) is 0.302. The van der Waals surface area contributed by atoms with Crippen molar-refractivity contribution in [3.05, 3.63) is 0 Å². The molecule has 0 saturated carbocycles. The molecule has 0 aromatic rings. The van der Waals surface area contributed by atoms with Gasteiger partial charge in [0.05, 0.1) is 30.9 Å². The number of nitrogens with zero attached hydrogens (tertiary/aromatic N) is 3. The Morgan fingerprint density at radius 1 is 1.22 bits per heavy atom. The lowest BCUT2D eigenvalue weighted by Gasteiger charge is -2.36. The van der Waals surface area contributed by atoms with Crippen LogP contribution in [0, 0.1) is 11.3 Å². The van der Waals surface area contributed by atoms with Crippen molar-refractivity contribution in [2.75, 3.05) is 39.3 Å². The maximum absolute atomic E-state index is 9.84. The van der Waals surface area contributed by atoms with Gasteiger partial charge in [0.1, 0.15) is 0 Å². The summed E-state index contributed by atoms with van der Waals surface area (Å²) in [4.78, 5) is 4.41. The second-order valence-electron chi connectivity index (χ2n) is 5.18. The number of hydrogen-bond acceptors (Lipinski definition) is 5. The van der Waals surface area contributed by atoms with Gasteiger partial charge in [-0.2, -0.15) is 5.26 Å². The van der Waals surface area contributed by atoms with Gasteiger partial charge in [-0.3, -0.25) is 9.80 Å². The van der Waals surface area contributed by atoms with Crippen LogP contribution < -0.4 is 0 Å². The van der Waals surface area contributed by atoms with Crippen molar-refractivity contribution >= 4 is 0 Å². The molecule has 0 amide bonds. The van der Waals surface area contributed by atoms with Crippen molar-refractivity contribution < 1.29 is 9.84 Å². The number of aliphatic hydroxyl groups is 1. The molecule has 1 aliphatic rings. The summed E-state index contributed by atoms with van der Waals surface area (Å²) >= 11 is 0. The minimum Gasteiger partial charge on any atom is -0.389 e. The van der Waals surface area contributed by atoms with Crippen LogP contribution in [-0.2, 0) is 4.74 Å². The topological polar surface area (TPSA) is 59.7 Å². The number of aliphatic hydroxyl groups excluding tert-OH is 1. The van der Waals surface area contributed by atoms with E-state index in [0.29, 0.717) is 13.2 Å². The first-order valence-corrected chi connectivity index (χ1v) is 6.68. The third kappa shape index (κ3) is 5.32. The summed E-state index contributed by atoms with van der Waals surface area (Å²) in [5.41, 5.74) is 0. The van der Waals surface area contributed by atoms with Crippen LogP contribution in [0.4, 0.5) is 0 Å². The molecule has 104 valence electrons. The smallest absolute Gasteiger partial charge is 0.0950 e. The van der Waals surface area contributed by atoms with E-state index in [-0.39, 0.29) is 12.1 Å². The Morgan fingerprint density at radius 2 is 1.83 bits per heavy atom. The van der Waals surface area contributed by atoms with E-state index in [1.165, 1.54) is 0 Å². The summed E-state index contributed by atoms with van der Waals surface area (Å²) in [6, 6.07) is 2.25. The number of rotatable bonds is 6. The average Bonchev–Trinajstić information content (AvgIpc) is 2.36. The zero-order valence-corrected chi connectivity index (χ0v) is 11.7. The van der Waals surface area contributed by atoms with Crippen molar-refractivity contribution in [3.63, 3.8) is 0 Å². The maximum Gasteiger partial charge on any atom is 0.0950 e. The minimum atomic E-state index is -0.424. The van der Waals surface area contributed by atoms with E-state index in [1.54, 1.807) is 0 Å². The minimum absolute atomic E-state index is 0.0126. The highest BCUT2D eigenvalue weighted by Gasteiger charge is 2.22. The van der Waals surface area contributed by atoms with Gasteiger partial charge >= 0.3 is 0 Å². The first kappa shape index (κ1) is 15.4. The van der Waals surface area contributed by atoms with E-state index in [9.17, 15) is 5.11 Å². The van der Waals surface area contributed by atoms with E-state index < -0.39 is 6.10 Å². The van der Waals surface area contributed by atoms with Crippen LogP contribution in [0.5, 0.6) is 0 Å². The fourth-order valence-electron chi connectivity index (χ4n) is 2.07. The molecule has 0 aromatic heterocycles. The molecule has 0 aromatic carbocycles. The summed E-state index contributed by atoms with van der Waals surface area (Å²) in [6.45, 7) is 10.5. The number of hydrogen-bond donors (Lipinski definition) is 1. The molecule has 1 fully saturated rings. The van der Waals surface area contributed by atoms with Crippen molar-refractivity contribution in [1.82, 2.24) is 9.80 Å². The highest BCUT2D eigenvalue weighted by molar-refractivity contribution is 4.90. The molecule has 0 bridgehead atoms. The fourth-order valence-corrected chi connectivity index (χ4v) is 2.07. The molecule has 1 rings (SSSR count). The molecule has 2 unspecified atom stereocenters. The number of ether oxygens (including phenoxy) is 1. The largest absolute Gasteiger partial charge is 0.389 e. The highest BCUT2D eigenvalue weighted by atomic mass is 16.5. The van der Waals surface area contributed by atoms with E-state index in [1.807, 2.05) is 20.8 Å². The Bertz CT molecular complexity index is 270. The molecule has 1 N–H and O–H groups in total. The van der Waals surface area contributed by atoms with E-state index in [2.05, 4.69) is 15.9 Å². The van der Waals surface area contributed by atoms with Crippen LogP contribution in [0.25, 0.3) is 0 Å². The lowest BCUT2D eigenvalue weighted by molar-refractivity contribution is -0.0152. The third-order valence-corrected chi connectivity index (χ3v) is 3.23. The summed E-state index contributed by atoms with van der Waals surface area (Å²) in [5, 5.41) is 18.7.